The molecule has 0 radical (unpaired) electrons. The normalized spacial score (nSPS) is 23.3. The number of nitrogens with one attached hydrogen (secondary N) is 1. The molecule has 1 heterocycles. The number of aliphatic hydroxyl groups is 1. The molecule has 128 valence electrons. The minimum atomic E-state index is -0.499. The summed E-state index contributed by atoms with van der Waals surface area (Å²) in [7, 11) is 0. The summed E-state index contributed by atoms with van der Waals surface area (Å²) < 4.78 is 5.64. The second kappa shape index (κ2) is 8.31. The van der Waals surface area contributed by atoms with E-state index < -0.39 is 6.10 Å². The molecule has 1 aliphatic rings. The third-order valence-corrected chi connectivity index (χ3v) is 4.34. The lowest BCUT2D eigenvalue weighted by atomic mass is 9.93. The van der Waals surface area contributed by atoms with Crippen molar-refractivity contribution in [2.75, 3.05) is 25.0 Å². The van der Waals surface area contributed by atoms with Gasteiger partial charge in [0.2, 0.25) is 5.91 Å². The van der Waals surface area contributed by atoms with Crippen molar-refractivity contribution >= 4 is 11.6 Å². The minimum absolute atomic E-state index is 0.0981. The second-order valence-electron chi connectivity index (χ2n) is 6.64. The fraction of sp³-hybridized carbons (Fsp3) is 0.611. The zero-order valence-corrected chi connectivity index (χ0v) is 14.3. The number of amides is 1. The first-order valence-corrected chi connectivity index (χ1v) is 8.36. The molecule has 3 unspecified atom stereocenters. The van der Waals surface area contributed by atoms with Crippen LogP contribution in [0.3, 0.4) is 0 Å². The lowest BCUT2D eigenvalue weighted by Gasteiger charge is -2.37. The summed E-state index contributed by atoms with van der Waals surface area (Å²) in [4.78, 5) is 13.3. The van der Waals surface area contributed by atoms with Crippen molar-refractivity contribution in [3.05, 3.63) is 24.3 Å². The number of nitrogens with zero attached hydrogens (tertiary/aromatic N) is 1. The maximum Gasteiger partial charge on any atom is 0.221 e. The second-order valence-corrected chi connectivity index (χ2v) is 6.64. The number of ether oxygens (including phenoxy) is 1. The van der Waals surface area contributed by atoms with Crippen molar-refractivity contribution in [1.29, 1.82) is 0 Å². The van der Waals surface area contributed by atoms with E-state index in [1.165, 1.54) is 19.8 Å². The highest BCUT2D eigenvalue weighted by molar-refractivity contribution is 5.88. The third-order valence-electron chi connectivity index (χ3n) is 4.34. The van der Waals surface area contributed by atoms with Crippen LogP contribution in [-0.2, 0) is 4.79 Å². The fourth-order valence-corrected chi connectivity index (χ4v) is 3.08. The van der Waals surface area contributed by atoms with Gasteiger partial charge < -0.3 is 15.2 Å². The van der Waals surface area contributed by atoms with Gasteiger partial charge in [0, 0.05) is 25.2 Å². The molecular formula is C18H28N2O3. The lowest BCUT2D eigenvalue weighted by molar-refractivity contribution is -0.114. The van der Waals surface area contributed by atoms with Crippen molar-refractivity contribution in [1.82, 2.24) is 4.90 Å². The summed E-state index contributed by atoms with van der Waals surface area (Å²) in [5.74, 6) is 1.37. The van der Waals surface area contributed by atoms with Crippen molar-refractivity contribution < 1.29 is 14.6 Å². The number of piperidine rings is 1. The van der Waals surface area contributed by atoms with Crippen molar-refractivity contribution in [3.8, 4) is 5.75 Å². The standard InChI is InChI=1S/C18H28N2O3/c1-13-8-9-20(14(2)10-13)11-17(22)12-23-18-6-4-16(5-7-18)19-15(3)21/h4-7,13-14,17,22H,8-12H2,1-3H3,(H,19,21). The van der Waals surface area contributed by atoms with Crippen LogP contribution in [0.5, 0.6) is 5.75 Å². The molecule has 5 heteroatoms. The third kappa shape index (κ3) is 5.84. The van der Waals surface area contributed by atoms with Gasteiger partial charge in [0.05, 0.1) is 0 Å². The number of benzene rings is 1. The topological polar surface area (TPSA) is 61.8 Å². The number of likely N-dealkylation sites (tertiary alicyclic amines) is 1. The molecule has 1 aromatic carbocycles. The summed E-state index contributed by atoms with van der Waals surface area (Å²) >= 11 is 0. The molecule has 5 nitrogen and oxygen atoms in total. The number of β-amino-alcohol motifs (C(OH)–C–C–N with tert-alkyl or cyclic N) is 1. The Balaban J connectivity index is 1.75. The predicted octanol–water partition coefficient (Wildman–Crippen LogP) is 2.51. The number of carbonyl (C=O) groups is 1. The van der Waals surface area contributed by atoms with E-state index in [0.29, 0.717) is 18.3 Å². The molecule has 0 saturated carbocycles. The van der Waals surface area contributed by atoms with Crippen molar-refractivity contribution in [2.45, 2.75) is 45.8 Å². The Hall–Kier alpha value is -1.59. The summed E-state index contributed by atoms with van der Waals surface area (Å²) in [5.41, 5.74) is 0.738. The summed E-state index contributed by atoms with van der Waals surface area (Å²) in [5, 5.41) is 12.9. The molecule has 0 bridgehead atoms. The van der Waals surface area contributed by atoms with Gasteiger partial charge in [-0.15, -0.1) is 0 Å². The van der Waals surface area contributed by atoms with E-state index in [-0.39, 0.29) is 12.5 Å². The summed E-state index contributed by atoms with van der Waals surface area (Å²) in [6.45, 7) is 7.96. The van der Waals surface area contributed by atoms with E-state index in [0.717, 1.165) is 18.2 Å². The molecule has 1 aromatic rings. The Bertz CT molecular complexity index is 503. The predicted molar refractivity (Wildman–Crippen MR) is 91.7 cm³/mol. The van der Waals surface area contributed by atoms with Crippen LogP contribution in [-0.4, -0.2) is 47.8 Å². The van der Waals surface area contributed by atoms with Crippen LogP contribution in [0.2, 0.25) is 0 Å². The van der Waals surface area contributed by atoms with Gasteiger partial charge in [-0.3, -0.25) is 9.69 Å². The van der Waals surface area contributed by atoms with Crippen molar-refractivity contribution in [3.63, 3.8) is 0 Å². The Morgan fingerprint density at radius 1 is 1.39 bits per heavy atom. The van der Waals surface area contributed by atoms with Crippen LogP contribution in [0.1, 0.15) is 33.6 Å². The van der Waals surface area contributed by atoms with E-state index in [2.05, 4.69) is 24.1 Å². The lowest BCUT2D eigenvalue weighted by Crippen LogP contribution is -2.45. The van der Waals surface area contributed by atoms with Gasteiger partial charge in [-0.2, -0.15) is 0 Å². The van der Waals surface area contributed by atoms with Gasteiger partial charge >= 0.3 is 0 Å². The average molecular weight is 320 g/mol. The van der Waals surface area contributed by atoms with Crippen LogP contribution in [0.15, 0.2) is 24.3 Å². The number of rotatable bonds is 6. The first-order chi connectivity index (χ1) is 10.9. The van der Waals surface area contributed by atoms with E-state index in [1.807, 2.05) is 0 Å². The Morgan fingerprint density at radius 3 is 2.70 bits per heavy atom. The molecule has 1 amide bonds. The molecule has 0 aromatic heterocycles. The fourth-order valence-electron chi connectivity index (χ4n) is 3.08. The van der Waals surface area contributed by atoms with Crippen molar-refractivity contribution in [2.24, 2.45) is 5.92 Å². The zero-order valence-electron chi connectivity index (χ0n) is 14.3. The monoisotopic (exact) mass is 320 g/mol. The highest BCUT2D eigenvalue weighted by Crippen LogP contribution is 2.22. The number of hydrogen-bond donors (Lipinski definition) is 2. The van der Waals surface area contributed by atoms with Crippen LogP contribution in [0.25, 0.3) is 0 Å². The molecule has 3 atom stereocenters. The van der Waals surface area contributed by atoms with Gasteiger partial charge in [-0.1, -0.05) is 6.92 Å². The SMILES string of the molecule is CC(=O)Nc1ccc(OCC(O)CN2CCC(C)CC2C)cc1. The number of aliphatic hydroxyl groups excluding tert-OH is 1. The van der Waals surface area contributed by atoms with Crippen LogP contribution in [0, 0.1) is 5.92 Å². The molecule has 23 heavy (non-hydrogen) atoms. The Morgan fingerprint density at radius 2 is 2.09 bits per heavy atom. The van der Waals surface area contributed by atoms with Gasteiger partial charge in [0.1, 0.15) is 18.5 Å². The zero-order chi connectivity index (χ0) is 16.8. The molecule has 0 spiro atoms. The molecule has 1 saturated heterocycles. The summed E-state index contributed by atoms with van der Waals surface area (Å²) in [6, 6.07) is 7.69. The highest BCUT2D eigenvalue weighted by Gasteiger charge is 2.24. The van der Waals surface area contributed by atoms with Crippen LogP contribution in [0.4, 0.5) is 5.69 Å². The minimum Gasteiger partial charge on any atom is -0.491 e. The van der Waals surface area contributed by atoms with Gasteiger partial charge in [0.15, 0.2) is 0 Å². The first-order valence-electron chi connectivity index (χ1n) is 8.36. The first kappa shape index (κ1) is 17.8. The number of carbonyl (C=O) groups excluding carboxylic acids is 1. The quantitative estimate of drug-likeness (QED) is 0.845. The average Bonchev–Trinajstić information content (AvgIpc) is 2.49. The Kier molecular flexibility index (Phi) is 6.42. The van der Waals surface area contributed by atoms with E-state index in [9.17, 15) is 9.90 Å². The molecule has 1 fully saturated rings. The smallest absolute Gasteiger partial charge is 0.221 e. The van der Waals surface area contributed by atoms with Crippen LogP contribution >= 0.6 is 0 Å². The maximum atomic E-state index is 11.0. The summed E-state index contributed by atoms with van der Waals surface area (Å²) in [6.07, 6.45) is 1.89. The van der Waals surface area contributed by atoms with Crippen LogP contribution < -0.4 is 10.1 Å². The maximum absolute atomic E-state index is 11.0. The molecule has 1 aliphatic heterocycles. The number of anilines is 1. The Labute approximate surface area is 138 Å². The number of hydrogen-bond acceptors (Lipinski definition) is 4. The van der Waals surface area contributed by atoms with E-state index in [1.54, 1.807) is 24.3 Å². The molecule has 2 rings (SSSR count). The van der Waals surface area contributed by atoms with E-state index in [4.69, 9.17) is 4.74 Å². The van der Waals surface area contributed by atoms with Gasteiger partial charge in [-0.25, -0.2) is 0 Å². The largest absolute Gasteiger partial charge is 0.491 e. The van der Waals surface area contributed by atoms with E-state index >= 15 is 0 Å². The highest BCUT2D eigenvalue weighted by atomic mass is 16.5. The molecular weight excluding hydrogens is 292 g/mol. The molecule has 2 N–H and O–H groups in total. The van der Waals surface area contributed by atoms with Gasteiger partial charge in [-0.05, 0) is 56.5 Å². The van der Waals surface area contributed by atoms with Gasteiger partial charge in [0.25, 0.3) is 0 Å². The molecule has 0 aliphatic carbocycles.